The van der Waals surface area contributed by atoms with Gasteiger partial charge in [0.2, 0.25) is 0 Å². The van der Waals surface area contributed by atoms with Crippen LogP contribution >= 0.6 is 11.3 Å². The minimum Gasteiger partial charge on any atom is -0.489 e. The molecule has 0 saturated heterocycles. The van der Waals surface area contributed by atoms with E-state index in [0.29, 0.717) is 22.6 Å². The number of hydrogen-bond acceptors (Lipinski definition) is 5. The molecule has 1 aromatic heterocycles. The van der Waals surface area contributed by atoms with Gasteiger partial charge in [0.05, 0.1) is 11.0 Å². The molecule has 3 aromatic carbocycles. The maximum atomic E-state index is 12.2. The molecule has 0 N–H and O–H groups in total. The van der Waals surface area contributed by atoms with Crippen LogP contribution in [0.25, 0.3) is 21.7 Å². The third-order valence-electron chi connectivity index (χ3n) is 4.32. The van der Waals surface area contributed by atoms with Crippen molar-refractivity contribution in [2.24, 2.45) is 0 Å². The highest BCUT2D eigenvalue weighted by atomic mass is 32.1. The molecule has 0 unspecified atom stereocenters. The van der Waals surface area contributed by atoms with Crippen LogP contribution in [-0.2, 0) is 6.61 Å². The summed E-state index contributed by atoms with van der Waals surface area (Å²) in [6, 6.07) is 26.9. The number of benzene rings is 3. The van der Waals surface area contributed by atoms with Crippen molar-refractivity contribution in [3.8, 4) is 11.8 Å². The molecular weight excluding hydrogens is 380 g/mol. The molecule has 0 spiro atoms. The number of nitriles is 1. The Morgan fingerprint density at radius 3 is 2.48 bits per heavy atom. The van der Waals surface area contributed by atoms with E-state index >= 15 is 0 Å². The fourth-order valence-electron chi connectivity index (χ4n) is 2.84. The first-order valence-corrected chi connectivity index (χ1v) is 9.83. The van der Waals surface area contributed by atoms with Crippen molar-refractivity contribution < 1.29 is 4.74 Å². The van der Waals surface area contributed by atoms with Crippen LogP contribution in [0.1, 0.15) is 16.1 Å². The molecule has 0 saturated carbocycles. The van der Waals surface area contributed by atoms with Crippen LogP contribution in [0.4, 0.5) is 0 Å². The Morgan fingerprint density at radius 2 is 1.72 bits per heavy atom. The highest BCUT2D eigenvalue weighted by Gasteiger charge is 2.09. The Morgan fingerprint density at radius 1 is 1.00 bits per heavy atom. The number of rotatable bonds is 5. The summed E-state index contributed by atoms with van der Waals surface area (Å²) in [7, 11) is 0. The average molecular weight is 396 g/mol. The van der Waals surface area contributed by atoms with Gasteiger partial charge in [0.15, 0.2) is 0 Å². The van der Waals surface area contributed by atoms with Crippen LogP contribution in [0.2, 0.25) is 0 Å². The van der Waals surface area contributed by atoms with E-state index < -0.39 is 0 Å². The molecule has 4 rings (SSSR count). The number of fused-ring (bicyclic) bond motifs is 1. The predicted octanol–water partition coefficient (Wildman–Crippen LogP) is 5.30. The monoisotopic (exact) mass is 396 g/mol. The highest BCUT2D eigenvalue weighted by Crippen LogP contribution is 2.25. The van der Waals surface area contributed by atoms with E-state index in [1.165, 1.54) is 11.3 Å². The molecular formula is C24H16N2O2S. The molecule has 140 valence electrons. The standard InChI is InChI=1S/C24H16N2O2S/c25-15-19(24-26-23(27)21-8-4-5-9-22(21)29-24)14-17-10-12-20(13-11-17)28-16-18-6-2-1-3-7-18/h1-14H,16H2/b19-14+. The number of allylic oxidation sites excluding steroid dienone is 1. The van der Waals surface area contributed by atoms with Gasteiger partial charge in [0.1, 0.15) is 23.4 Å². The smallest absolute Gasteiger partial charge is 0.279 e. The first-order valence-electron chi connectivity index (χ1n) is 9.02. The lowest BCUT2D eigenvalue weighted by Crippen LogP contribution is -2.07. The van der Waals surface area contributed by atoms with Crippen LogP contribution in [0.5, 0.6) is 5.75 Å². The van der Waals surface area contributed by atoms with Crippen LogP contribution < -0.4 is 10.3 Å². The molecule has 4 aromatic rings. The summed E-state index contributed by atoms with van der Waals surface area (Å²) in [6.45, 7) is 0.494. The second-order valence-corrected chi connectivity index (χ2v) is 7.36. The minimum absolute atomic E-state index is 0.319. The Kier molecular flexibility index (Phi) is 5.46. The van der Waals surface area contributed by atoms with Crippen molar-refractivity contribution in [1.29, 1.82) is 5.26 Å². The van der Waals surface area contributed by atoms with E-state index in [2.05, 4.69) is 11.1 Å². The van der Waals surface area contributed by atoms with Crippen LogP contribution in [-0.4, -0.2) is 4.98 Å². The lowest BCUT2D eigenvalue weighted by molar-refractivity contribution is 0.306. The Bertz CT molecular complexity index is 1270. The van der Waals surface area contributed by atoms with Gasteiger partial charge in [-0.3, -0.25) is 4.79 Å². The van der Waals surface area contributed by atoms with Crippen LogP contribution in [0.15, 0.2) is 83.7 Å². The maximum absolute atomic E-state index is 12.2. The molecule has 0 aliphatic heterocycles. The number of hydrogen-bond donors (Lipinski definition) is 0. The number of ether oxygens (including phenoxy) is 1. The SMILES string of the molecule is N#C/C(=C\c1ccc(OCc2ccccc2)cc1)c1nc(=O)c2ccccc2s1. The van der Waals surface area contributed by atoms with Crippen molar-refractivity contribution >= 4 is 33.1 Å². The average Bonchev–Trinajstić information content (AvgIpc) is 2.77. The van der Waals surface area contributed by atoms with Gasteiger partial charge in [-0.15, -0.1) is 11.3 Å². The van der Waals surface area contributed by atoms with Gasteiger partial charge in [0, 0.05) is 4.70 Å². The quantitative estimate of drug-likeness (QED) is 0.430. The third-order valence-corrected chi connectivity index (χ3v) is 5.40. The zero-order valence-corrected chi connectivity index (χ0v) is 16.2. The van der Waals surface area contributed by atoms with E-state index in [4.69, 9.17) is 4.74 Å². The molecule has 0 aliphatic carbocycles. The fraction of sp³-hybridized carbons (Fsp3) is 0.0417. The predicted molar refractivity (Wildman–Crippen MR) is 117 cm³/mol. The minimum atomic E-state index is -0.319. The summed E-state index contributed by atoms with van der Waals surface area (Å²) in [6.07, 6.45) is 1.73. The second kappa shape index (κ2) is 8.51. The van der Waals surface area contributed by atoms with Crippen molar-refractivity contribution in [2.75, 3.05) is 0 Å². The van der Waals surface area contributed by atoms with E-state index in [9.17, 15) is 10.1 Å². The van der Waals surface area contributed by atoms with Crippen LogP contribution in [0.3, 0.4) is 0 Å². The lowest BCUT2D eigenvalue weighted by Gasteiger charge is -2.06. The topological polar surface area (TPSA) is 63.0 Å². The van der Waals surface area contributed by atoms with Gasteiger partial charge in [-0.25, -0.2) is 0 Å². The van der Waals surface area contributed by atoms with Gasteiger partial charge in [-0.1, -0.05) is 54.6 Å². The van der Waals surface area contributed by atoms with Crippen molar-refractivity contribution in [1.82, 2.24) is 4.98 Å². The fourth-order valence-corrected chi connectivity index (χ4v) is 3.80. The first kappa shape index (κ1) is 18.6. The molecule has 5 heteroatoms. The van der Waals surface area contributed by atoms with Crippen molar-refractivity contribution in [3.05, 3.63) is 105 Å². The van der Waals surface area contributed by atoms with Gasteiger partial charge in [0.25, 0.3) is 5.56 Å². The number of aromatic nitrogens is 1. The molecule has 0 amide bonds. The summed E-state index contributed by atoms with van der Waals surface area (Å²) in [5.41, 5.74) is 1.97. The van der Waals surface area contributed by atoms with Gasteiger partial charge in [-0.2, -0.15) is 10.2 Å². The normalized spacial score (nSPS) is 11.2. The summed E-state index contributed by atoms with van der Waals surface area (Å²) in [5.74, 6) is 0.748. The van der Waals surface area contributed by atoms with E-state index in [1.807, 2.05) is 66.7 Å². The second-order valence-electron chi connectivity index (χ2n) is 6.33. The largest absolute Gasteiger partial charge is 0.489 e. The number of nitrogens with zero attached hydrogens (tertiary/aromatic N) is 2. The van der Waals surface area contributed by atoms with Crippen molar-refractivity contribution in [2.45, 2.75) is 6.61 Å². The molecule has 0 atom stereocenters. The Hall–Kier alpha value is -3.75. The molecule has 4 nitrogen and oxygen atoms in total. The summed E-state index contributed by atoms with van der Waals surface area (Å²) in [4.78, 5) is 16.3. The maximum Gasteiger partial charge on any atom is 0.279 e. The molecule has 1 heterocycles. The first-order chi connectivity index (χ1) is 14.2. The van der Waals surface area contributed by atoms with Gasteiger partial charge < -0.3 is 4.74 Å². The lowest BCUT2D eigenvalue weighted by atomic mass is 10.1. The third kappa shape index (κ3) is 4.40. The van der Waals surface area contributed by atoms with Crippen molar-refractivity contribution in [3.63, 3.8) is 0 Å². The van der Waals surface area contributed by atoms with Gasteiger partial charge in [-0.05, 0) is 41.5 Å². The molecule has 0 radical (unpaired) electrons. The molecule has 0 aliphatic rings. The molecule has 0 fully saturated rings. The summed E-state index contributed by atoms with van der Waals surface area (Å²) >= 11 is 1.34. The van der Waals surface area contributed by atoms with E-state index in [0.717, 1.165) is 21.6 Å². The summed E-state index contributed by atoms with van der Waals surface area (Å²) < 4.78 is 6.60. The molecule has 0 bridgehead atoms. The van der Waals surface area contributed by atoms with Crippen LogP contribution in [0, 0.1) is 11.3 Å². The zero-order chi connectivity index (χ0) is 20.1. The van der Waals surface area contributed by atoms with E-state index in [-0.39, 0.29) is 5.56 Å². The molecule has 29 heavy (non-hydrogen) atoms. The van der Waals surface area contributed by atoms with E-state index in [1.54, 1.807) is 18.2 Å². The highest BCUT2D eigenvalue weighted by molar-refractivity contribution is 7.19. The Balaban J connectivity index is 1.56. The summed E-state index contributed by atoms with van der Waals surface area (Å²) in [5, 5.41) is 10.6. The zero-order valence-electron chi connectivity index (χ0n) is 15.4. The van der Waals surface area contributed by atoms with Gasteiger partial charge >= 0.3 is 0 Å². The Labute approximate surface area is 172 Å².